The van der Waals surface area contributed by atoms with Gasteiger partial charge in [0.1, 0.15) is 11.9 Å². The molecule has 0 saturated heterocycles. The average Bonchev–Trinajstić information content (AvgIpc) is 2.70. The first-order chi connectivity index (χ1) is 13.4. The van der Waals surface area contributed by atoms with E-state index >= 15 is 0 Å². The van der Waals surface area contributed by atoms with E-state index in [2.05, 4.69) is 0 Å². The maximum absolute atomic E-state index is 13.0. The third kappa shape index (κ3) is 2.74. The Kier molecular flexibility index (Phi) is 4.18. The highest BCUT2D eigenvalue weighted by molar-refractivity contribution is 5.83. The minimum atomic E-state index is -0.641. The molecule has 1 aromatic heterocycles. The van der Waals surface area contributed by atoms with Crippen molar-refractivity contribution in [2.24, 2.45) is 0 Å². The summed E-state index contributed by atoms with van der Waals surface area (Å²) in [5.41, 5.74) is 1.18. The smallest absolute Gasteiger partial charge is 0.269 e. The molecule has 0 N–H and O–H groups in total. The molecule has 0 saturated carbocycles. The van der Waals surface area contributed by atoms with Crippen LogP contribution in [-0.4, -0.2) is 32.3 Å². The Hall–Kier alpha value is -3.55. The number of nitro benzene ring substituents is 1. The van der Waals surface area contributed by atoms with Gasteiger partial charge in [-0.3, -0.25) is 24.3 Å². The summed E-state index contributed by atoms with van der Waals surface area (Å²) in [6.07, 6.45) is 0.401. The second kappa shape index (κ2) is 6.56. The van der Waals surface area contributed by atoms with Gasteiger partial charge in [-0.2, -0.15) is 0 Å². The Labute approximate surface area is 160 Å². The van der Waals surface area contributed by atoms with Crippen LogP contribution in [0.5, 0.6) is 0 Å². The van der Waals surface area contributed by atoms with Crippen LogP contribution in [0.4, 0.5) is 5.69 Å². The summed E-state index contributed by atoms with van der Waals surface area (Å²) in [6, 6.07) is 12.2. The number of non-ortho nitro benzene ring substituents is 1. The van der Waals surface area contributed by atoms with Gasteiger partial charge in [-0.25, -0.2) is 4.98 Å². The van der Waals surface area contributed by atoms with Gasteiger partial charge in [0.15, 0.2) is 0 Å². The van der Waals surface area contributed by atoms with E-state index < -0.39 is 17.0 Å². The summed E-state index contributed by atoms with van der Waals surface area (Å²) in [5, 5.41) is 11.3. The van der Waals surface area contributed by atoms with Crippen molar-refractivity contribution in [3.8, 4) is 0 Å². The van der Waals surface area contributed by atoms with Crippen molar-refractivity contribution in [1.29, 1.82) is 0 Å². The molecule has 142 valence electrons. The SMILES string of the molecule is C[C@H]1C(=O)N(C)[C@@H](Cc2ccc([N+](=O)[O-])cc2)c2nc3ccccc3c(=O)n21. The lowest BCUT2D eigenvalue weighted by atomic mass is 9.99. The van der Waals surface area contributed by atoms with Crippen molar-refractivity contribution < 1.29 is 9.72 Å². The molecule has 0 bridgehead atoms. The average molecular weight is 378 g/mol. The Balaban J connectivity index is 1.84. The molecule has 28 heavy (non-hydrogen) atoms. The molecule has 2 atom stereocenters. The number of aromatic nitrogens is 2. The predicted octanol–water partition coefficient (Wildman–Crippen LogP) is 2.62. The molecule has 8 nitrogen and oxygen atoms in total. The van der Waals surface area contributed by atoms with E-state index in [-0.39, 0.29) is 17.2 Å². The van der Waals surface area contributed by atoms with Crippen LogP contribution in [0.3, 0.4) is 0 Å². The fourth-order valence-corrected chi connectivity index (χ4v) is 3.71. The summed E-state index contributed by atoms with van der Waals surface area (Å²) in [4.78, 5) is 42.5. The summed E-state index contributed by atoms with van der Waals surface area (Å²) < 4.78 is 1.47. The van der Waals surface area contributed by atoms with Crippen LogP contribution < -0.4 is 5.56 Å². The second-order valence-corrected chi connectivity index (χ2v) is 6.93. The number of likely N-dealkylation sites (N-methyl/N-ethyl adjacent to an activating group) is 1. The van der Waals surface area contributed by atoms with E-state index in [1.807, 2.05) is 6.07 Å². The van der Waals surface area contributed by atoms with Gasteiger partial charge in [0.25, 0.3) is 11.2 Å². The van der Waals surface area contributed by atoms with E-state index in [0.29, 0.717) is 23.1 Å². The van der Waals surface area contributed by atoms with Gasteiger partial charge in [-0.05, 0) is 24.6 Å². The number of benzene rings is 2. The quantitative estimate of drug-likeness (QED) is 0.515. The van der Waals surface area contributed by atoms with Crippen LogP contribution in [0.15, 0.2) is 53.3 Å². The number of nitro groups is 1. The lowest BCUT2D eigenvalue weighted by Gasteiger charge is -2.37. The van der Waals surface area contributed by atoms with Gasteiger partial charge in [-0.1, -0.05) is 24.3 Å². The van der Waals surface area contributed by atoms with Gasteiger partial charge in [-0.15, -0.1) is 0 Å². The largest absolute Gasteiger partial charge is 0.333 e. The number of fused-ring (bicyclic) bond motifs is 2. The van der Waals surface area contributed by atoms with Gasteiger partial charge < -0.3 is 4.90 Å². The van der Waals surface area contributed by atoms with Crippen LogP contribution in [0.25, 0.3) is 10.9 Å². The predicted molar refractivity (Wildman–Crippen MR) is 103 cm³/mol. The Bertz CT molecular complexity index is 1150. The first kappa shape index (κ1) is 17.8. The van der Waals surface area contributed by atoms with Crippen molar-refractivity contribution in [2.75, 3.05) is 7.05 Å². The number of para-hydroxylation sites is 1. The molecule has 4 rings (SSSR count). The molecule has 3 aromatic rings. The minimum Gasteiger partial charge on any atom is -0.333 e. The van der Waals surface area contributed by atoms with Gasteiger partial charge in [0.2, 0.25) is 5.91 Å². The molecule has 8 heteroatoms. The molecular formula is C20H18N4O4. The van der Waals surface area contributed by atoms with E-state index in [0.717, 1.165) is 5.56 Å². The van der Waals surface area contributed by atoms with Crippen LogP contribution in [-0.2, 0) is 11.2 Å². The third-order valence-corrected chi connectivity index (χ3v) is 5.27. The van der Waals surface area contributed by atoms with Gasteiger partial charge >= 0.3 is 0 Å². The number of hydrogen-bond acceptors (Lipinski definition) is 5. The van der Waals surface area contributed by atoms with E-state index in [4.69, 9.17) is 4.98 Å². The van der Waals surface area contributed by atoms with Gasteiger partial charge in [0, 0.05) is 25.6 Å². The second-order valence-electron chi connectivity index (χ2n) is 6.93. The number of amides is 1. The standard InChI is InChI=1S/C20H18N4O4/c1-12-19(25)22(2)17(11-13-7-9-14(10-8-13)24(27)28)18-21-16-6-4-3-5-15(16)20(26)23(12)18/h3-10,12,17H,11H2,1-2H3/t12-,17-/m0/s1. The molecule has 0 spiro atoms. The van der Waals surface area contributed by atoms with Crippen molar-refractivity contribution in [3.05, 3.63) is 80.4 Å². The molecule has 1 aliphatic rings. The van der Waals surface area contributed by atoms with E-state index in [1.165, 1.54) is 16.7 Å². The molecule has 0 aliphatic carbocycles. The lowest BCUT2D eigenvalue weighted by molar-refractivity contribution is -0.384. The van der Waals surface area contributed by atoms with Crippen LogP contribution >= 0.6 is 0 Å². The Morgan fingerprint density at radius 2 is 1.79 bits per heavy atom. The lowest BCUT2D eigenvalue weighted by Crippen LogP contribution is -2.48. The molecule has 0 unspecified atom stereocenters. The fourth-order valence-electron chi connectivity index (χ4n) is 3.71. The van der Waals surface area contributed by atoms with E-state index in [9.17, 15) is 19.7 Å². The number of nitrogens with zero attached hydrogens (tertiary/aromatic N) is 4. The van der Waals surface area contributed by atoms with Crippen LogP contribution in [0.1, 0.15) is 30.4 Å². The Morgan fingerprint density at radius 3 is 2.46 bits per heavy atom. The van der Waals surface area contributed by atoms with Crippen LogP contribution in [0.2, 0.25) is 0 Å². The molecule has 2 aromatic carbocycles. The highest BCUT2D eigenvalue weighted by atomic mass is 16.6. The normalized spacial score (nSPS) is 18.9. The van der Waals surface area contributed by atoms with Gasteiger partial charge in [0.05, 0.1) is 21.9 Å². The third-order valence-electron chi connectivity index (χ3n) is 5.27. The molecular weight excluding hydrogens is 360 g/mol. The number of rotatable bonds is 3. The highest BCUT2D eigenvalue weighted by Gasteiger charge is 2.37. The summed E-state index contributed by atoms with van der Waals surface area (Å²) in [5.74, 6) is 0.357. The summed E-state index contributed by atoms with van der Waals surface area (Å²) in [7, 11) is 1.69. The number of carbonyl (C=O) groups is 1. The highest BCUT2D eigenvalue weighted by Crippen LogP contribution is 2.31. The fraction of sp³-hybridized carbons (Fsp3) is 0.250. The molecule has 0 radical (unpaired) electrons. The van der Waals surface area contributed by atoms with Crippen molar-refractivity contribution in [1.82, 2.24) is 14.5 Å². The van der Waals surface area contributed by atoms with Crippen LogP contribution in [0, 0.1) is 10.1 Å². The molecule has 0 fully saturated rings. The number of carbonyl (C=O) groups excluding carboxylic acids is 1. The summed E-state index contributed by atoms with van der Waals surface area (Å²) >= 11 is 0. The first-order valence-corrected chi connectivity index (χ1v) is 8.89. The van der Waals surface area contributed by atoms with Crippen molar-refractivity contribution in [2.45, 2.75) is 25.4 Å². The first-order valence-electron chi connectivity index (χ1n) is 8.89. The van der Waals surface area contributed by atoms with E-state index in [1.54, 1.807) is 49.2 Å². The maximum Gasteiger partial charge on any atom is 0.269 e. The zero-order valence-corrected chi connectivity index (χ0v) is 15.4. The molecule has 1 amide bonds. The topological polar surface area (TPSA) is 98.3 Å². The summed E-state index contributed by atoms with van der Waals surface area (Å²) in [6.45, 7) is 1.70. The Morgan fingerprint density at radius 1 is 1.11 bits per heavy atom. The maximum atomic E-state index is 13.0. The molecule has 1 aliphatic heterocycles. The minimum absolute atomic E-state index is 0.00573. The zero-order valence-electron chi connectivity index (χ0n) is 15.4. The monoisotopic (exact) mass is 378 g/mol. The zero-order chi connectivity index (χ0) is 20.0. The van der Waals surface area contributed by atoms with Crippen molar-refractivity contribution in [3.63, 3.8) is 0 Å². The number of hydrogen-bond donors (Lipinski definition) is 0. The molecule has 2 heterocycles. The van der Waals surface area contributed by atoms with Crippen molar-refractivity contribution >= 4 is 22.5 Å².